The lowest BCUT2D eigenvalue weighted by molar-refractivity contribution is -0.158. The van der Waals surface area contributed by atoms with Crippen molar-refractivity contribution < 1.29 is 22.5 Å². The Kier molecular flexibility index (Phi) is 10.6. The summed E-state index contributed by atoms with van der Waals surface area (Å²) in [5.41, 5.74) is 1.03. The van der Waals surface area contributed by atoms with Gasteiger partial charge in [0.05, 0.1) is 24.0 Å². The molecule has 44 heavy (non-hydrogen) atoms. The van der Waals surface area contributed by atoms with Crippen LogP contribution in [-0.4, -0.2) is 70.5 Å². The lowest BCUT2D eigenvalue weighted by Gasteiger charge is -2.63. The van der Waals surface area contributed by atoms with Gasteiger partial charge in [-0.15, -0.1) is 0 Å². The molecule has 9 atom stereocenters. The van der Waals surface area contributed by atoms with Crippen LogP contribution in [0.1, 0.15) is 65.2 Å². The monoisotopic (exact) mass is 683 g/mol. The number of hydrogen-bond acceptors (Lipinski definition) is 6. The molecule has 0 aromatic carbocycles. The second kappa shape index (κ2) is 12.6. The lowest BCUT2D eigenvalue weighted by atomic mass is 9.43. The zero-order valence-electron chi connectivity index (χ0n) is 31.3. The summed E-state index contributed by atoms with van der Waals surface area (Å²) in [6.45, 7) is 33.7. The van der Waals surface area contributed by atoms with Crippen molar-refractivity contribution in [2.24, 2.45) is 39.7 Å². The minimum absolute atomic E-state index is 0.0796. The highest BCUT2D eigenvalue weighted by molar-refractivity contribution is 6.71. The van der Waals surface area contributed by atoms with E-state index in [4.69, 9.17) is 27.7 Å². The molecule has 10 heteroatoms. The maximum absolute atomic E-state index is 7.59. The van der Waals surface area contributed by atoms with Crippen molar-refractivity contribution in [3.05, 3.63) is 0 Å². The highest BCUT2D eigenvalue weighted by Crippen LogP contribution is 2.69. The van der Waals surface area contributed by atoms with Crippen LogP contribution in [0.3, 0.4) is 0 Å². The van der Waals surface area contributed by atoms with Gasteiger partial charge in [0.2, 0.25) is 0 Å². The molecule has 0 spiro atoms. The molecule has 4 fully saturated rings. The van der Waals surface area contributed by atoms with Crippen molar-refractivity contribution in [1.29, 1.82) is 0 Å². The summed E-state index contributed by atoms with van der Waals surface area (Å²) in [5.74, 6) is 2.32. The molecule has 4 aliphatic rings. The van der Waals surface area contributed by atoms with Crippen LogP contribution >= 0.6 is 0 Å². The standard InChI is InChI=1S/C34H69NO5Si4/c1-32-20-18-26(38-42(7,8)9)22-25(32)16-17-27-28-19-21-34(40-44(13,14)15,33(28,2)23-29(31(27)32)35-36-3)30(39-43(10,11)12)24-37-41(4,5)6/h25-28,30-31H,16-24H2,1-15H3/b35-29+/t25?,26?,27?,28?,30-,31?,32-,33-,34-/m0/s1. The molecule has 0 N–H and O–H groups in total. The number of fused-ring (bicyclic) bond motifs is 5. The van der Waals surface area contributed by atoms with Crippen LogP contribution in [-0.2, 0) is 22.5 Å². The lowest BCUT2D eigenvalue weighted by Crippen LogP contribution is -2.67. The van der Waals surface area contributed by atoms with E-state index < -0.39 is 38.9 Å². The Hall–Kier alpha value is 0.178. The molecule has 0 saturated heterocycles. The van der Waals surface area contributed by atoms with Gasteiger partial charge in [0.15, 0.2) is 33.3 Å². The van der Waals surface area contributed by atoms with Gasteiger partial charge in [0.25, 0.3) is 0 Å². The Labute approximate surface area is 275 Å². The Balaban J connectivity index is 1.77. The maximum Gasteiger partial charge on any atom is 0.184 e. The first-order chi connectivity index (χ1) is 19.9. The molecule has 4 rings (SSSR count). The number of hydrogen-bond donors (Lipinski definition) is 0. The number of nitrogens with zero attached hydrogens (tertiary/aromatic N) is 1. The van der Waals surface area contributed by atoms with Crippen LogP contribution in [0.5, 0.6) is 0 Å². The van der Waals surface area contributed by atoms with Gasteiger partial charge in [-0.05, 0) is 153 Å². The molecule has 0 heterocycles. The predicted octanol–water partition coefficient (Wildman–Crippen LogP) is 9.52. The third-order valence-electron chi connectivity index (χ3n) is 11.4. The van der Waals surface area contributed by atoms with Crippen molar-refractivity contribution in [1.82, 2.24) is 0 Å². The molecule has 0 aromatic heterocycles. The Morgan fingerprint density at radius 2 is 1.45 bits per heavy atom. The minimum atomic E-state index is -1.98. The summed E-state index contributed by atoms with van der Waals surface area (Å²) < 4.78 is 28.3. The number of oxime groups is 1. The van der Waals surface area contributed by atoms with E-state index in [0.29, 0.717) is 36.4 Å². The van der Waals surface area contributed by atoms with Crippen molar-refractivity contribution >= 4 is 39.0 Å². The Morgan fingerprint density at radius 1 is 0.795 bits per heavy atom. The van der Waals surface area contributed by atoms with Crippen molar-refractivity contribution in [3.63, 3.8) is 0 Å². The van der Waals surface area contributed by atoms with E-state index >= 15 is 0 Å². The molecule has 5 unspecified atom stereocenters. The number of rotatable bonds is 11. The van der Waals surface area contributed by atoms with Gasteiger partial charge in [0, 0.05) is 17.4 Å². The van der Waals surface area contributed by atoms with E-state index in [0.717, 1.165) is 12.8 Å². The van der Waals surface area contributed by atoms with Crippen molar-refractivity contribution in [2.75, 3.05) is 13.7 Å². The zero-order valence-corrected chi connectivity index (χ0v) is 35.3. The third-order valence-corrected chi connectivity index (χ3v) is 15.5. The van der Waals surface area contributed by atoms with Gasteiger partial charge in [-0.2, -0.15) is 0 Å². The predicted molar refractivity (Wildman–Crippen MR) is 194 cm³/mol. The smallest absolute Gasteiger partial charge is 0.184 e. The van der Waals surface area contributed by atoms with Crippen molar-refractivity contribution in [3.8, 4) is 0 Å². The summed E-state index contributed by atoms with van der Waals surface area (Å²) in [6, 6.07) is 0. The van der Waals surface area contributed by atoms with E-state index in [-0.39, 0.29) is 16.9 Å². The first-order valence-electron chi connectivity index (χ1n) is 17.7. The van der Waals surface area contributed by atoms with E-state index in [1.54, 1.807) is 7.11 Å². The fraction of sp³-hybridized carbons (Fsp3) is 0.971. The van der Waals surface area contributed by atoms with Crippen LogP contribution in [0.25, 0.3) is 0 Å². The molecule has 0 aromatic rings. The highest BCUT2D eigenvalue weighted by atomic mass is 28.4. The Bertz CT molecular complexity index is 1050. The van der Waals surface area contributed by atoms with Gasteiger partial charge < -0.3 is 22.5 Å². The van der Waals surface area contributed by atoms with Gasteiger partial charge in [-0.1, -0.05) is 19.0 Å². The summed E-state index contributed by atoms with van der Waals surface area (Å²) in [6.07, 6.45) is 9.66. The van der Waals surface area contributed by atoms with E-state index in [9.17, 15) is 0 Å². The van der Waals surface area contributed by atoms with Crippen LogP contribution in [0.2, 0.25) is 78.6 Å². The fourth-order valence-electron chi connectivity index (χ4n) is 10.2. The molecule has 0 amide bonds. The normalized spacial score (nSPS) is 39.9. The second-order valence-corrected chi connectivity index (χ2v) is 37.2. The van der Waals surface area contributed by atoms with E-state index in [1.807, 2.05) is 0 Å². The molecular weight excluding hydrogens is 615 g/mol. The van der Waals surface area contributed by atoms with Crippen LogP contribution in [0.15, 0.2) is 5.16 Å². The SMILES string of the molecule is CO/N=C1\C[C@@]2(C)C(CC[C@]2(O[Si](C)(C)C)[C@H](CO[Si](C)(C)C)O[Si](C)(C)C)C2CCC3CC(O[Si](C)(C)C)CC[C@]3(C)C12. The summed E-state index contributed by atoms with van der Waals surface area (Å²) in [4.78, 5) is 5.73. The first-order valence-corrected chi connectivity index (χ1v) is 31.4. The fourth-order valence-corrected chi connectivity index (χ4v) is 14.8. The molecule has 4 saturated carbocycles. The molecule has 0 radical (unpaired) electrons. The summed E-state index contributed by atoms with van der Waals surface area (Å²) in [7, 11) is -5.48. The first kappa shape index (κ1) is 37.0. The van der Waals surface area contributed by atoms with E-state index in [2.05, 4.69) is 92.4 Å². The van der Waals surface area contributed by atoms with Crippen LogP contribution in [0, 0.1) is 34.5 Å². The zero-order chi connectivity index (χ0) is 33.1. The summed E-state index contributed by atoms with van der Waals surface area (Å²) in [5, 5.41) is 4.96. The van der Waals surface area contributed by atoms with Crippen LogP contribution in [0.4, 0.5) is 0 Å². The van der Waals surface area contributed by atoms with Gasteiger partial charge in [-0.25, -0.2) is 0 Å². The maximum atomic E-state index is 7.59. The second-order valence-electron chi connectivity index (χ2n) is 19.3. The molecule has 256 valence electrons. The molecule has 0 bridgehead atoms. The molecular formula is C34H69NO5Si4. The average Bonchev–Trinajstić information content (AvgIpc) is 3.11. The van der Waals surface area contributed by atoms with Gasteiger partial charge in [0.1, 0.15) is 7.11 Å². The van der Waals surface area contributed by atoms with Crippen molar-refractivity contribution in [2.45, 2.75) is 162 Å². The van der Waals surface area contributed by atoms with E-state index in [1.165, 1.54) is 44.2 Å². The topological polar surface area (TPSA) is 58.5 Å². The highest BCUT2D eigenvalue weighted by Gasteiger charge is 2.70. The molecule has 4 aliphatic carbocycles. The quantitative estimate of drug-likeness (QED) is 0.160. The molecule has 0 aliphatic heterocycles. The van der Waals surface area contributed by atoms with Crippen LogP contribution < -0.4 is 0 Å². The largest absolute Gasteiger partial charge is 0.415 e. The van der Waals surface area contributed by atoms with Gasteiger partial charge in [-0.3, -0.25) is 0 Å². The summed E-state index contributed by atoms with van der Waals surface area (Å²) >= 11 is 0. The Morgan fingerprint density at radius 3 is 2.00 bits per heavy atom. The van der Waals surface area contributed by atoms with Gasteiger partial charge >= 0.3 is 0 Å². The minimum Gasteiger partial charge on any atom is -0.415 e. The molecule has 6 nitrogen and oxygen atoms in total. The third kappa shape index (κ3) is 7.73. The average molecular weight is 684 g/mol.